The van der Waals surface area contributed by atoms with E-state index >= 15 is 0 Å². The zero-order chi connectivity index (χ0) is 21.8. The third-order valence-electron chi connectivity index (χ3n) is 4.27. The van der Waals surface area contributed by atoms with Crippen molar-refractivity contribution >= 4 is 23.4 Å². The van der Waals surface area contributed by atoms with E-state index in [1.165, 1.54) is 52.8 Å². The van der Waals surface area contributed by atoms with Crippen molar-refractivity contribution < 1.29 is 13.6 Å². The lowest BCUT2D eigenvalue weighted by molar-refractivity contribution is 0.102. The minimum Gasteiger partial charge on any atom is -0.322 e. The topological polar surface area (TPSA) is 64.0 Å². The average molecular weight is 435 g/mol. The van der Waals surface area contributed by atoms with Crippen molar-refractivity contribution in [3.63, 3.8) is 0 Å². The summed E-state index contributed by atoms with van der Waals surface area (Å²) >= 11 is 1.29. The largest absolute Gasteiger partial charge is 0.322 e. The summed E-state index contributed by atoms with van der Waals surface area (Å²) in [4.78, 5) is 25.4. The molecule has 4 rings (SSSR count). The van der Waals surface area contributed by atoms with Crippen molar-refractivity contribution in [2.75, 3.05) is 5.32 Å². The van der Waals surface area contributed by atoms with Gasteiger partial charge in [-0.05, 0) is 72.8 Å². The smallest absolute Gasteiger partial charge is 0.271 e. The molecule has 3 aromatic carbocycles. The molecule has 154 valence electrons. The monoisotopic (exact) mass is 435 g/mol. The SMILES string of the molecule is O=C(Nc1cccc(F)c1)c1ccc(-n2nc(Sc3ccc(F)cc3)ccc2=O)cc1. The van der Waals surface area contributed by atoms with Crippen molar-refractivity contribution in [1.29, 1.82) is 0 Å². The van der Waals surface area contributed by atoms with Crippen molar-refractivity contribution in [3.05, 3.63) is 112 Å². The Balaban J connectivity index is 1.53. The Morgan fingerprint density at radius 1 is 0.871 bits per heavy atom. The molecule has 1 heterocycles. The van der Waals surface area contributed by atoms with E-state index in [2.05, 4.69) is 10.4 Å². The van der Waals surface area contributed by atoms with E-state index < -0.39 is 11.7 Å². The van der Waals surface area contributed by atoms with Gasteiger partial charge in [-0.25, -0.2) is 8.78 Å². The van der Waals surface area contributed by atoms with Crippen LogP contribution < -0.4 is 10.9 Å². The summed E-state index contributed by atoms with van der Waals surface area (Å²) in [7, 11) is 0. The second-order valence-corrected chi connectivity index (χ2v) is 7.58. The van der Waals surface area contributed by atoms with Gasteiger partial charge in [0.25, 0.3) is 11.5 Å². The lowest BCUT2D eigenvalue weighted by Gasteiger charge is -2.09. The molecule has 0 atom stereocenters. The lowest BCUT2D eigenvalue weighted by atomic mass is 10.2. The molecule has 8 heteroatoms. The highest BCUT2D eigenvalue weighted by atomic mass is 32.2. The number of nitrogens with one attached hydrogen (secondary N) is 1. The number of amides is 1. The average Bonchev–Trinajstić information content (AvgIpc) is 2.77. The maximum Gasteiger partial charge on any atom is 0.271 e. The van der Waals surface area contributed by atoms with Crippen LogP contribution in [0.25, 0.3) is 5.69 Å². The van der Waals surface area contributed by atoms with Gasteiger partial charge in [0.15, 0.2) is 0 Å². The number of nitrogens with zero attached hydrogens (tertiary/aromatic N) is 2. The van der Waals surface area contributed by atoms with Crippen molar-refractivity contribution in [1.82, 2.24) is 9.78 Å². The van der Waals surface area contributed by atoms with E-state index in [4.69, 9.17) is 0 Å². The van der Waals surface area contributed by atoms with Gasteiger partial charge in [0.1, 0.15) is 16.7 Å². The number of anilines is 1. The maximum atomic E-state index is 13.3. The Bertz CT molecular complexity index is 1290. The Kier molecular flexibility index (Phi) is 5.90. The molecule has 0 bridgehead atoms. The van der Waals surface area contributed by atoms with Crippen molar-refractivity contribution in [3.8, 4) is 5.69 Å². The van der Waals surface area contributed by atoms with Crippen molar-refractivity contribution in [2.24, 2.45) is 0 Å². The van der Waals surface area contributed by atoms with Crippen molar-refractivity contribution in [2.45, 2.75) is 9.92 Å². The van der Waals surface area contributed by atoms with E-state index in [0.717, 1.165) is 4.90 Å². The maximum absolute atomic E-state index is 13.3. The van der Waals surface area contributed by atoms with Crippen LogP contribution in [0.15, 0.2) is 99.6 Å². The molecule has 0 aliphatic rings. The van der Waals surface area contributed by atoms with Gasteiger partial charge in [-0.3, -0.25) is 9.59 Å². The molecule has 0 saturated carbocycles. The second kappa shape index (κ2) is 8.93. The predicted octanol–water partition coefficient (Wildman–Crippen LogP) is 4.91. The van der Waals surface area contributed by atoms with Gasteiger partial charge < -0.3 is 5.32 Å². The van der Waals surface area contributed by atoms with Crippen LogP contribution in [0.5, 0.6) is 0 Å². The summed E-state index contributed by atoms with van der Waals surface area (Å²) < 4.78 is 27.6. The number of hydrogen-bond acceptors (Lipinski definition) is 4. The third-order valence-corrected chi connectivity index (χ3v) is 5.20. The van der Waals surface area contributed by atoms with Crippen LogP contribution in [0.2, 0.25) is 0 Å². The molecule has 0 saturated heterocycles. The molecule has 31 heavy (non-hydrogen) atoms. The van der Waals surface area contributed by atoms with Gasteiger partial charge in [0, 0.05) is 22.2 Å². The highest BCUT2D eigenvalue weighted by Gasteiger charge is 2.09. The molecular formula is C23H15F2N3O2S. The van der Waals surface area contributed by atoms with Crippen LogP contribution >= 0.6 is 11.8 Å². The number of rotatable bonds is 5. The number of benzene rings is 3. The number of carbonyl (C=O) groups excluding carboxylic acids is 1. The number of aromatic nitrogens is 2. The predicted molar refractivity (Wildman–Crippen MR) is 115 cm³/mol. The second-order valence-electron chi connectivity index (χ2n) is 6.49. The molecular weight excluding hydrogens is 420 g/mol. The first-order chi connectivity index (χ1) is 15.0. The van der Waals surface area contributed by atoms with Crippen LogP contribution in [-0.4, -0.2) is 15.7 Å². The minimum atomic E-state index is -0.447. The fourth-order valence-electron chi connectivity index (χ4n) is 2.78. The fourth-order valence-corrected chi connectivity index (χ4v) is 3.55. The zero-order valence-electron chi connectivity index (χ0n) is 16.0. The fraction of sp³-hybridized carbons (Fsp3) is 0. The van der Waals surface area contributed by atoms with Crippen LogP contribution in [0.3, 0.4) is 0 Å². The van der Waals surface area contributed by atoms with E-state index in [1.807, 2.05) is 0 Å². The summed E-state index contributed by atoms with van der Waals surface area (Å²) in [6, 6.07) is 20.9. The highest BCUT2D eigenvalue weighted by Crippen LogP contribution is 2.25. The molecule has 0 radical (unpaired) electrons. The minimum absolute atomic E-state index is 0.330. The molecule has 0 fully saturated rings. The highest BCUT2D eigenvalue weighted by molar-refractivity contribution is 7.99. The molecule has 5 nitrogen and oxygen atoms in total. The standard InChI is InChI=1S/C23H15F2N3O2S/c24-16-6-10-20(11-7-16)31-21-12-13-22(29)28(27-21)19-8-4-15(5-9-19)23(30)26-18-3-1-2-17(25)14-18/h1-14H,(H,26,30). The molecule has 0 aliphatic carbocycles. The van der Waals surface area contributed by atoms with E-state index in [0.29, 0.717) is 22.0 Å². The first-order valence-corrected chi connectivity index (χ1v) is 10.0. The molecule has 0 spiro atoms. The molecule has 0 aliphatic heterocycles. The Morgan fingerprint density at radius 3 is 2.32 bits per heavy atom. The Labute approximate surface area is 180 Å². The van der Waals surface area contributed by atoms with Crippen LogP contribution in [0, 0.1) is 11.6 Å². The van der Waals surface area contributed by atoms with Crippen LogP contribution in [0.4, 0.5) is 14.5 Å². The van der Waals surface area contributed by atoms with Gasteiger partial charge in [0.2, 0.25) is 0 Å². The van der Waals surface area contributed by atoms with Gasteiger partial charge >= 0.3 is 0 Å². The van der Waals surface area contributed by atoms with E-state index in [9.17, 15) is 18.4 Å². The van der Waals surface area contributed by atoms with Gasteiger partial charge in [-0.1, -0.05) is 17.8 Å². The lowest BCUT2D eigenvalue weighted by Crippen LogP contribution is -2.20. The van der Waals surface area contributed by atoms with E-state index in [1.54, 1.807) is 48.5 Å². The third kappa shape index (κ3) is 5.04. The van der Waals surface area contributed by atoms with Gasteiger partial charge in [0.05, 0.1) is 5.69 Å². The first kappa shape index (κ1) is 20.5. The normalized spacial score (nSPS) is 10.6. The Morgan fingerprint density at radius 2 is 1.61 bits per heavy atom. The summed E-state index contributed by atoms with van der Waals surface area (Å²) in [6.45, 7) is 0. The summed E-state index contributed by atoms with van der Waals surface area (Å²) in [5.74, 6) is -1.18. The Hall–Kier alpha value is -3.78. The zero-order valence-corrected chi connectivity index (χ0v) is 16.8. The molecule has 1 aromatic heterocycles. The summed E-state index contributed by atoms with van der Waals surface area (Å²) in [5, 5.41) is 7.52. The molecule has 1 amide bonds. The van der Waals surface area contributed by atoms with E-state index in [-0.39, 0.29) is 11.4 Å². The van der Waals surface area contributed by atoms with Gasteiger partial charge in [-0.2, -0.15) is 9.78 Å². The van der Waals surface area contributed by atoms with Crippen LogP contribution in [0.1, 0.15) is 10.4 Å². The summed E-state index contributed by atoms with van der Waals surface area (Å²) in [5.41, 5.74) is 0.838. The summed E-state index contributed by atoms with van der Waals surface area (Å²) in [6.07, 6.45) is 0. The molecule has 0 unspecified atom stereocenters. The van der Waals surface area contributed by atoms with Crippen LogP contribution in [-0.2, 0) is 0 Å². The first-order valence-electron chi connectivity index (χ1n) is 9.19. The number of halogens is 2. The quantitative estimate of drug-likeness (QED) is 0.484. The molecule has 4 aromatic rings. The number of hydrogen-bond donors (Lipinski definition) is 1. The van der Waals surface area contributed by atoms with Gasteiger partial charge in [-0.15, -0.1) is 0 Å². The molecule has 1 N–H and O–H groups in total. The number of carbonyl (C=O) groups is 1.